The summed E-state index contributed by atoms with van der Waals surface area (Å²) in [6.45, 7) is -0.319. The molecule has 0 aliphatic carbocycles. The minimum Gasteiger partial charge on any atom is -0.508 e. The molecule has 1 aromatic rings. The smallest absolute Gasteiger partial charge is 0.377 e. The highest BCUT2D eigenvalue weighted by Crippen LogP contribution is 2.44. The molecular weight excluding hydrogens is 234 g/mol. The molecule has 1 atom stereocenters. The maximum Gasteiger partial charge on any atom is 0.377 e. The molecule has 0 radical (unpaired) electrons. The average molecular weight is 244 g/mol. The van der Waals surface area contributed by atoms with Crippen molar-refractivity contribution in [2.24, 2.45) is 0 Å². The van der Waals surface area contributed by atoms with Crippen molar-refractivity contribution < 1.29 is 28.2 Å². The predicted octanol–water partition coefficient (Wildman–Crippen LogP) is 1.68. The number of aromatic hydroxyl groups is 1. The number of ether oxygens (including phenoxy) is 2. The summed E-state index contributed by atoms with van der Waals surface area (Å²) in [4.78, 5) is 11.0. The monoisotopic (exact) mass is 244 g/mol. The van der Waals surface area contributed by atoms with Crippen LogP contribution in [0.5, 0.6) is 11.5 Å². The van der Waals surface area contributed by atoms with Gasteiger partial charge in [0.1, 0.15) is 18.1 Å². The Kier molecular flexibility index (Phi) is 2.65. The number of halogens is 2. The number of carbonyl (C=O) groups excluding carboxylic acids is 1. The zero-order chi connectivity index (χ0) is 12.6. The molecule has 0 saturated heterocycles. The van der Waals surface area contributed by atoms with Crippen LogP contribution in [0.15, 0.2) is 18.2 Å². The number of methoxy groups -OCH3 is 1. The number of esters is 1. The number of phenolic OH excluding ortho intramolecular Hbond substituents is 1. The summed E-state index contributed by atoms with van der Waals surface area (Å²) in [5.41, 5.74) is 0.193. The largest absolute Gasteiger partial charge is 0.508 e. The molecule has 0 bridgehead atoms. The van der Waals surface area contributed by atoms with E-state index in [1.165, 1.54) is 18.2 Å². The van der Waals surface area contributed by atoms with Crippen molar-refractivity contribution in [3.8, 4) is 11.5 Å². The summed E-state index contributed by atoms with van der Waals surface area (Å²) >= 11 is 0. The third-order valence-corrected chi connectivity index (χ3v) is 2.67. The van der Waals surface area contributed by atoms with Gasteiger partial charge in [-0.15, -0.1) is 0 Å². The van der Waals surface area contributed by atoms with E-state index in [4.69, 9.17) is 4.74 Å². The third kappa shape index (κ3) is 1.79. The Morgan fingerprint density at radius 2 is 2.29 bits per heavy atom. The van der Waals surface area contributed by atoms with E-state index in [2.05, 4.69) is 4.74 Å². The SMILES string of the molecule is COC(=O)C(F)(F)C1COc2cc(O)ccc21. The Labute approximate surface area is 95.8 Å². The molecular formula is C11H10F2O4. The van der Waals surface area contributed by atoms with Crippen LogP contribution in [0.2, 0.25) is 0 Å². The van der Waals surface area contributed by atoms with E-state index in [-0.39, 0.29) is 23.7 Å². The Morgan fingerprint density at radius 3 is 2.94 bits per heavy atom. The number of hydrogen-bond acceptors (Lipinski definition) is 4. The number of benzene rings is 1. The highest BCUT2D eigenvalue weighted by Gasteiger charge is 2.52. The van der Waals surface area contributed by atoms with Gasteiger partial charge in [0.2, 0.25) is 0 Å². The summed E-state index contributed by atoms with van der Waals surface area (Å²) in [6, 6.07) is 3.83. The minimum absolute atomic E-state index is 0.0780. The van der Waals surface area contributed by atoms with Crippen LogP contribution in [0.4, 0.5) is 8.78 Å². The zero-order valence-corrected chi connectivity index (χ0v) is 8.94. The lowest BCUT2D eigenvalue weighted by atomic mass is 9.94. The molecule has 1 aromatic carbocycles. The second kappa shape index (κ2) is 3.87. The molecule has 0 aromatic heterocycles. The highest BCUT2D eigenvalue weighted by molar-refractivity contribution is 5.79. The van der Waals surface area contributed by atoms with Crippen molar-refractivity contribution in [3.05, 3.63) is 23.8 Å². The van der Waals surface area contributed by atoms with E-state index < -0.39 is 17.8 Å². The number of hydrogen-bond donors (Lipinski definition) is 1. The fraction of sp³-hybridized carbons (Fsp3) is 0.364. The molecule has 0 saturated carbocycles. The predicted molar refractivity (Wildman–Crippen MR) is 53.3 cm³/mol. The molecule has 0 fully saturated rings. The van der Waals surface area contributed by atoms with E-state index in [1.54, 1.807) is 0 Å². The lowest BCUT2D eigenvalue weighted by Gasteiger charge is -2.19. The Hall–Kier alpha value is -1.85. The second-order valence-electron chi connectivity index (χ2n) is 3.70. The molecule has 1 aliphatic heterocycles. The molecule has 17 heavy (non-hydrogen) atoms. The van der Waals surface area contributed by atoms with E-state index in [0.29, 0.717) is 0 Å². The standard InChI is InChI=1S/C11H10F2O4/c1-16-10(15)11(12,13)8-5-17-9-4-6(14)2-3-7(8)9/h2-4,8,14H,5H2,1H3. The molecule has 0 amide bonds. The van der Waals surface area contributed by atoms with Crippen molar-refractivity contribution in [2.45, 2.75) is 11.8 Å². The van der Waals surface area contributed by atoms with Gasteiger partial charge in [0.15, 0.2) is 0 Å². The topological polar surface area (TPSA) is 55.8 Å². The molecule has 1 heterocycles. The number of phenols is 1. The summed E-state index contributed by atoms with van der Waals surface area (Å²) < 4.78 is 36.5. The van der Waals surface area contributed by atoms with Crippen molar-refractivity contribution in [1.29, 1.82) is 0 Å². The maximum atomic E-state index is 13.7. The number of alkyl halides is 2. The lowest BCUT2D eigenvalue weighted by molar-refractivity contribution is -0.172. The van der Waals surface area contributed by atoms with Crippen LogP contribution in [0.1, 0.15) is 11.5 Å². The van der Waals surface area contributed by atoms with Crippen LogP contribution in [0, 0.1) is 0 Å². The van der Waals surface area contributed by atoms with Crippen molar-refractivity contribution in [3.63, 3.8) is 0 Å². The van der Waals surface area contributed by atoms with Crippen LogP contribution in [0.3, 0.4) is 0 Å². The molecule has 1 N–H and O–H groups in total. The summed E-state index contributed by atoms with van der Waals surface area (Å²) in [5, 5.41) is 9.18. The Balaban J connectivity index is 2.37. The van der Waals surface area contributed by atoms with Crippen molar-refractivity contribution >= 4 is 5.97 Å². The molecule has 0 spiro atoms. The van der Waals surface area contributed by atoms with Gasteiger partial charge in [0, 0.05) is 11.6 Å². The molecule has 6 heteroatoms. The average Bonchev–Trinajstić information content (AvgIpc) is 2.71. The third-order valence-electron chi connectivity index (χ3n) is 2.67. The number of carbonyl (C=O) groups is 1. The van der Waals surface area contributed by atoms with Crippen molar-refractivity contribution in [2.75, 3.05) is 13.7 Å². The first kappa shape index (κ1) is 11.6. The van der Waals surface area contributed by atoms with Gasteiger partial charge in [-0.2, -0.15) is 8.78 Å². The first-order valence-corrected chi connectivity index (χ1v) is 4.88. The van der Waals surface area contributed by atoms with Gasteiger partial charge < -0.3 is 14.6 Å². The number of rotatable bonds is 2. The Morgan fingerprint density at radius 1 is 1.59 bits per heavy atom. The first-order valence-electron chi connectivity index (χ1n) is 4.88. The fourth-order valence-electron chi connectivity index (χ4n) is 1.78. The summed E-state index contributed by atoms with van der Waals surface area (Å²) in [7, 11) is 0.907. The van der Waals surface area contributed by atoms with Crippen LogP contribution < -0.4 is 4.74 Å². The zero-order valence-electron chi connectivity index (χ0n) is 8.94. The van der Waals surface area contributed by atoms with Gasteiger partial charge in [-0.25, -0.2) is 4.79 Å². The van der Waals surface area contributed by atoms with E-state index in [1.807, 2.05) is 0 Å². The lowest BCUT2D eigenvalue weighted by Crippen LogP contribution is -2.37. The number of fused-ring (bicyclic) bond motifs is 1. The first-order chi connectivity index (χ1) is 7.96. The second-order valence-corrected chi connectivity index (χ2v) is 3.70. The molecule has 4 nitrogen and oxygen atoms in total. The maximum absolute atomic E-state index is 13.7. The molecule has 92 valence electrons. The summed E-state index contributed by atoms with van der Waals surface area (Å²) in [5.74, 6) is -6.53. The van der Waals surface area contributed by atoms with Gasteiger partial charge in [0.25, 0.3) is 0 Å². The minimum atomic E-state index is -3.64. The highest BCUT2D eigenvalue weighted by atomic mass is 19.3. The quantitative estimate of drug-likeness (QED) is 0.804. The van der Waals surface area contributed by atoms with Crippen LogP contribution in [-0.4, -0.2) is 30.7 Å². The summed E-state index contributed by atoms with van der Waals surface area (Å²) in [6.07, 6.45) is 0. The van der Waals surface area contributed by atoms with Gasteiger partial charge in [-0.05, 0) is 6.07 Å². The molecule has 2 rings (SSSR count). The van der Waals surface area contributed by atoms with E-state index in [0.717, 1.165) is 7.11 Å². The van der Waals surface area contributed by atoms with Crippen molar-refractivity contribution in [1.82, 2.24) is 0 Å². The van der Waals surface area contributed by atoms with Crippen LogP contribution >= 0.6 is 0 Å². The van der Waals surface area contributed by atoms with Gasteiger partial charge in [0.05, 0.1) is 13.0 Å². The Bertz CT molecular complexity index is 459. The van der Waals surface area contributed by atoms with Gasteiger partial charge in [-0.3, -0.25) is 0 Å². The van der Waals surface area contributed by atoms with Gasteiger partial charge in [-0.1, -0.05) is 6.07 Å². The van der Waals surface area contributed by atoms with Gasteiger partial charge >= 0.3 is 11.9 Å². The molecule has 1 unspecified atom stereocenters. The van der Waals surface area contributed by atoms with Crippen LogP contribution in [0.25, 0.3) is 0 Å². The normalized spacial score (nSPS) is 18.4. The molecule has 1 aliphatic rings. The van der Waals surface area contributed by atoms with E-state index >= 15 is 0 Å². The van der Waals surface area contributed by atoms with E-state index in [9.17, 15) is 18.7 Å². The van der Waals surface area contributed by atoms with Crippen LogP contribution in [-0.2, 0) is 9.53 Å². The fourth-order valence-corrected chi connectivity index (χ4v) is 1.78.